The maximum Gasteiger partial charge on any atom is 0.433 e. The summed E-state index contributed by atoms with van der Waals surface area (Å²) < 4.78 is 83.3. The third-order valence-electron chi connectivity index (χ3n) is 7.00. The molecule has 0 radical (unpaired) electrons. The van der Waals surface area contributed by atoms with E-state index in [4.69, 9.17) is 0 Å². The first-order chi connectivity index (χ1) is 19.4. The average molecular weight is 592 g/mol. The van der Waals surface area contributed by atoms with Gasteiger partial charge in [-0.15, -0.1) is 11.8 Å². The quantitative estimate of drug-likeness (QED) is 0.295. The smallest absolute Gasteiger partial charge is 0.349 e. The number of carbonyl (C=O) groups is 2. The minimum absolute atomic E-state index is 0.119. The molecular weight excluding hydrogens is 572 g/mol. The lowest BCUT2D eigenvalue weighted by molar-refractivity contribution is -0.142. The summed E-state index contributed by atoms with van der Waals surface area (Å²) in [5, 5.41) is 9.81. The third kappa shape index (κ3) is 5.11. The van der Waals surface area contributed by atoms with E-state index in [-0.39, 0.29) is 28.9 Å². The summed E-state index contributed by atoms with van der Waals surface area (Å²) in [4.78, 5) is 28.8. The lowest BCUT2D eigenvalue weighted by atomic mass is 9.93. The summed E-state index contributed by atoms with van der Waals surface area (Å²) in [6.07, 6.45) is -7.39. The summed E-state index contributed by atoms with van der Waals surface area (Å²) in [6.45, 7) is 0. The number of hydrogen-bond donors (Lipinski definition) is 2. The van der Waals surface area contributed by atoms with Gasteiger partial charge in [-0.3, -0.25) is 9.59 Å². The van der Waals surface area contributed by atoms with Gasteiger partial charge < -0.3 is 10.6 Å². The van der Waals surface area contributed by atoms with Crippen LogP contribution in [0.4, 0.5) is 32.0 Å². The van der Waals surface area contributed by atoms with E-state index in [2.05, 4.69) is 20.7 Å². The Balaban J connectivity index is 1.30. The number of benzene rings is 2. The van der Waals surface area contributed by atoms with Crippen LogP contribution in [-0.2, 0) is 30.0 Å². The molecule has 1 aliphatic carbocycles. The van der Waals surface area contributed by atoms with E-state index in [0.29, 0.717) is 59.7 Å². The number of nitrogens with zero attached hydrogens (tertiary/aromatic N) is 3. The van der Waals surface area contributed by atoms with E-state index < -0.39 is 29.1 Å². The van der Waals surface area contributed by atoms with E-state index in [1.807, 2.05) is 0 Å². The van der Waals surface area contributed by atoms with Gasteiger partial charge in [-0.05, 0) is 55.2 Å². The minimum Gasteiger partial charge on any atom is -0.349 e. The Labute approximate surface area is 232 Å². The molecule has 2 aromatic heterocycles. The molecule has 4 aromatic rings. The van der Waals surface area contributed by atoms with Crippen molar-refractivity contribution in [3.05, 3.63) is 76.7 Å². The Morgan fingerprint density at radius 3 is 2.63 bits per heavy atom. The van der Waals surface area contributed by atoms with Crippen molar-refractivity contribution < 1.29 is 35.9 Å². The zero-order valence-corrected chi connectivity index (χ0v) is 21.7. The first-order valence-electron chi connectivity index (χ1n) is 12.4. The van der Waals surface area contributed by atoms with Gasteiger partial charge in [0.05, 0.1) is 34.4 Å². The highest BCUT2D eigenvalue weighted by Crippen LogP contribution is 2.39. The van der Waals surface area contributed by atoms with Gasteiger partial charge in [-0.2, -0.15) is 31.4 Å². The van der Waals surface area contributed by atoms with Crippen LogP contribution >= 0.6 is 11.8 Å². The molecule has 1 atom stereocenters. The lowest BCUT2D eigenvalue weighted by Crippen LogP contribution is -2.39. The molecule has 212 valence electrons. The van der Waals surface area contributed by atoms with E-state index in [1.165, 1.54) is 28.7 Å². The van der Waals surface area contributed by atoms with Crippen molar-refractivity contribution in [1.29, 1.82) is 0 Å². The molecule has 1 aliphatic heterocycles. The maximum absolute atomic E-state index is 13.7. The van der Waals surface area contributed by atoms with Gasteiger partial charge in [0.2, 0.25) is 5.91 Å². The summed E-state index contributed by atoms with van der Waals surface area (Å²) in [7, 11) is 0. The molecule has 2 N–H and O–H groups in total. The summed E-state index contributed by atoms with van der Waals surface area (Å²) in [5.41, 5.74) is -1.59. The molecule has 0 bridgehead atoms. The number of fused-ring (bicyclic) bond motifs is 3. The van der Waals surface area contributed by atoms with Crippen molar-refractivity contribution in [2.45, 2.75) is 42.6 Å². The highest BCUT2D eigenvalue weighted by Gasteiger charge is 2.38. The van der Waals surface area contributed by atoms with Gasteiger partial charge in [0.25, 0.3) is 5.91 Å². The zero-order chi connectivity index (χ0) is 29.1. The molecule has 2 aromatic carbocycles. The van der Waals surface area contributed by atoms with Crippen molar-refractivity contribution >= 4 is 40.2 Å². The fraction of sp³-hybridized carbons (Fsp3) is 0.259. The average Bonchev–Trinajstić information content (AvgIpc) is 3.33. The molecule has 41 heavy (non-hydrogen) atoms. The largest absolute Gasteiger partial charge is 0.433 e. The van der Waals surface area contributed by atoms with E-state index in [9.17, 15) is 35.9 Å². The maximum atomic E-state index is 13.7. The molecule has 14 heteroatoms. The van der Waals surface area contributed by atoms with Crippen LogP contribution in [0.1, 0.15) is 39.3 Å². The van der Waals surface area contributed by atoms with Crippen LogP contribution in [0, 0.1) is 0 Å². The van der Waals surface area contributed by atoms with Crippen molar-refractivity contribution in [1.82, 2.24) is 20.1 Å². The topological polar surface area (TPSA) is 88.9 Å². The number of thioether (sulfide) groups is 1. The van der Waals surface area contributed by atoms with E-state index >= 15 is 0 Å². The normalized spacial score (nSPS) is 17.1. The lowest BCUT2D eigenvalue weighted by Gasteiger charge is -2.25. The number of carbonyl (C=O) groups excluding carboxylic acids is 2. The number of anilines is 1. The van der Waals surface area contributed by atoms with Crippen LogP contribution in [0.15, 0.2) is 53.6 Å². The Hall–Kier alpha value is -4.07. The Morgan fingerprint density at radius 2 is 1.88 bits per heavy atom. The molecule has 6 rings (SSSR count). The summed E-state index contributed by atoms with van der Waals surface area (Å²) >= 11 is 1.38. The number of alkyl halides is 6. The molecule has 1 unspecified atom stereocenters. The van der Waals surface area contributed by atoms with Crippen LogP contribution in [0.25, 0.3) is 16.6 Å². The van der Waals surface area contributed by atoms with E-state index in [0.717, 1.165) is 11.0 Å². The van der Waals surface area contributed by atoms with Gasteiger partial charge in [-0.1, -0.05) is 12.1 Å². The monoisotopic (exact) mass is 591 g/mol. The highest BCUT2D eigenvalue weighted by atomic mass is 32.2. The van der Waals surface area contributed by atoms with Crippen molar-refractivity contribution in [3.8, 4) is 5.69 Å². The van der Waals surface area contributed by atoms with Crippen LogP contribution in [0.5, 0.6) is 0 Å². The molecule has 2 amide bonds. The van der Waals surface area contributed by atoms with Crippen molar-refractivity contribution in [2.75, 3.05) is 11.1 Å². The number of hydrogen-bond acceptors (Lipinski definition) is 5. The first kappa shape index (κ1) is 27.1. The fourth-order valence-corrected chi connectivity index (χ4v) is 5.92. The molecule has 0 fully saturated rings. The van der Waals surface area contributed by atoms with Gasteiger partial charge in [0.1, 0.15) is 5.69 Å². The minimum atomic E-state index is -4.98. The molecule has 0 saturated carbocycles. The predicted molar refractivity (Wildman–Crippen MR) is 138 cm³/mol. The van der Waals surface area contributed by atoms with Gasteiger partial charge in [0.15, 0.2) is 0 Å². The van der Waals surface area contributed by atoms with Crippen LogP contribution in [0.2, 0.25) is 0 Å². The number of nitrogens with one attached hydrogen (secondary N) is 2. The predicted octanol–water partition coefficient (Wildman–Crippen LogP) is 5.79. The van der Waals surface area contributed by atoms with E-state index in [1.54, 1.807) is 18.2 Å². The van der Waals surface area contributed by atoms with Crippen LogP contribution in [0.3, 0.4) is 0 Å². The van der Waals surface area contributed by atoms with Crippen molar-refractivity contribution in [2.24, 2.45) is 0 Å². The number of rotatable bonds is 3. The standard InChI is InChI=1S/C27H19F6N5O2S/c28-26(29,30)17-3-1-2-16-20(10-22(27(31,32)33)37-24(16)17)38-19-6-5-15(8-14(19)11-34-38)35-25(40)13-4-7-21-18(9-13)36-23(39)12-41-21/h1-4,7,9-11,15H,5-6,8,12H2,(H,35,40)(H,36,39). The number of amides is 2. The SMILES string of the molecule is O=C1CSc2ccc(C(=O)NC3CCc4c(cnn4-c4cc(C(F)(F)F)nc5c(C(F)(F)F)cccc45)C3)cc2N1. The second-order valence-corrected chi connectivity index (χ2v) is 10.7. The van der Waals surface area contributed by atoms with Gasteiger partial charge >= 0.3 is 12.4 Å². The number of pyridine rings is 1. The number of halogens is 6. The Bertz CT molecular complexity index is 1720. The molecule has 3 heterocycles. The molecule has 7 nitrogen and oxygen atoms in total. The van der Waals surface area contributed by atoms with Crippen LogP contribution < -0.4 is 10.6 Å². The summed E-state index contributed by atoms with van der Waals surface area (Å²) in [6, 6.07) is 8.51. The third-order valence-corrected chi connectivity index (χ3v) is 8.08. The van der Waals surface area contributed by atoms with Crippen LogP contribution in [-0.4, -0.2) is 38.4 Å². The molecular formula is C27H19F6N5O2S. The number of para-hydroxylation sites is 1. The second-order valence-electron chi connectivity index (χ2n) is 9.71. The fourth-order valence-electron chi connectivity index (χ4n) is 5.13. The molecule has 2 aliphatic rings. The molecule has 0 saturated heterocycles. The first-order valence-corrected chi connectivity index (χ1v) is 13.4. The van der Waals surface area contributed by atoms with Gasteiger partial charge in [0, 0.05) is 27.6 Å². The highest BCUT2D eigenvalue weighted by molar-refractivity contribution is 8.00. The molecule has 0 spiro atoms. The summed E-state index contributed by atoms with van der Waals surface area (Å²) in [5.74, 6) is -0.212. The number of aromatic nitrogens is 3. The van der Waals surface area contributed by atoms with Gasteiger partial charge in [-0.25, -0.2) is 9.67 Å². The second kappa shape index (κ2) is 9.79. The Morgan fingerprint density at radius 1 is 1.07 bits per heavy atom. The zero-order valence-electron chi connectivity index (χ0n) is 20.9. The Kier molecular flexibility index (Phi) is 6.47. The van der Waals surface area contributed by atoms with Crippen molar-refractivity contribution in [3.63, 3.8) is 0 Å².